The van der Waals surface area contributed by atoms with Gasteiger partial charge in [-0.15, -0.1) is 0 Å². The number of carbonyl (C=O) groups is 1. The molecule has 1 amide bonds. The number of ether oxygens (including phenoxy) is 1. The van der Waals surface area contributed by atoms with Crippen molar-refractivity contribution in [2.45, 2.75) is 51.9 Å². The van der Waals surface area contributed by atoms with Crippen LogP contribution in [0.25, 0.3) is 0 Å². The zero-order chi connectivity index (χ0) is 19.6. The molecular weight excluding hydrogens is 348 g/mol. The van der Waals surface area contributed by atoms with Gasteiger partial charge in [-0.05, 0) is 55.2 Å². The molecule has 0 unspecified atom stereocenters. The number of rotatable bonds is 10. The molecular formula is C24H32N2O2. The topological polar surface area (TPSA) is 41.6 Å². The zero-order valence-electron chi connectivity index (χ0n) is 17.0. The highest BCUT2D eigenvalue weighted by atomic mass is 16.5. The molecule has 4 nitrogen and oxygen atoms in total. The first-order valence-electron chi connectivity index (χ1n) is 10.6. The number of para-hydroxylation sites is 1. The number of benzene rings is 2. The number of fused-ring (bicyclic) bond motifs is 1. The summed E-state index contributed by atoms with van der Waals surface area (Å²) in [6.45, 7) is 4.29. The number of carbonyl (C=O) groups excluding carboxylic acids is 1. The van der Waals surface area contributed by atoms with Crippen LogP contribution in [0.5, 0.6) is 5.75 Å². The first-order valence-corrected chi connectivity index (χ1v) is 10.6. The Morgan fingerprint density at radius 2 is 1.82 bits per heavy atom. The van der Waals surface area contributed by atoms with E-state index < -0.39 is 0 Å². The molecule has 0 saturated carbocycles. The Morgan fingerprint density at radius 1 is 1.04 bits per heavy atom. The maximum Gasteiger partial charge on any atom is 0.243 e. The number of nitrogens with zero attached hydrogens (tertiary/aromatic N) is 1. The molecule has 1 aliphatic heterocycles. The number of hydrogen-bond donors (Lipinski definition) is 1. The van der Waals surface area contributed by atoms with Gasteiger partial charge < -0.3 is 15.0 Å². The van der Waals surface area contributed by atoms with E-state index in [2.05, 4.69) is 35.3 Å². The number of amides is 1. The summed E-state index contributed by atoms with van der Waals surface area (Å²) in [5, 5.41) is 3.00. The van der Waals surface area contributed by atoms with Crippen LogP contribution >= 0.6 is 0 Å². The number of hydrogen-bond acceptors (Lipinski definition) is 3. The molecule has 0 bridgehead atoms. The van der Waals surface area contributed by atoms with Crippen molar-refractivity contribution in [3.63, 3.8) is 0 Å². The summed E-state index contributed by atoms with van der Waals surface area (Å²) in [6, 6.07) is 16.0. The van der Waals surface area contributed by atoms with Gasteiger partial charge >= 0.3 is 0 Å². The van der Waals surface area contributed by atoms with Gasteiger partial charge in [-0.2, -0.15) is 0 Å². The van der Waals surface area contributed by atoms with Gasteiger partial charge in [-0.3, -0.25) is 4.79 Å². The summed E-state index contributed by atoms with van der Waals surface area (Å²) in [4.78, 5) is 14.7. The van der Waals surface area contributed by atoms with Crippen LogP contribution in [-0.4, -0.2) is 25.6 Å². The van der Waals surface area contributed by atoms with Gasteiger partial charge in [0.25, 0.3) is 0 Å². The number of anilines is 2. The number of nitrogens with one attached hydrogen (secondary N) is 1. The summed E-state index contributed by atoms with van der Waals surface area (Å²) in [7, 11) is 0. The van der Waals surface area contributed by atoms with Crippen LogP contribution in [0.2, 0.25) is 0 Å². The molecule has 3 rings (SSSR count). The van der Waals surface area contributed by atoms with Gasteiger partial charge in [-0.25, -0.2) is 0 Å². The zero-order valence-corrected chi connectivity index (χ0v) is 17.0. The molecule has 0 fully saturated rings. The van der Waals surface area contributed by atoms with Crippen LogP contribution < -0.4 is 15.0 Å². The van der Waals surface area contributed by atoms with Gasteiger partial charge in [0.15, 0.2) is 0 Å². The predicted octanol–water partition coefficient (Wildman–Crippen LogP) is 5.43. The quantitative estimate of drug-likeness (QED) is 0.559. The average Bonchev–Trinajstić information content (AvgIpc) is 2.72. The lowest BCUT2D eigenvalue weighted by Crippen LogP contribution is -2.36. The Bertz CT molecular complexity index is 743. The van der Waals surface area contributed by atoms with E-state index in [0.717, 1.165) is 43.9 Å². The Hall–Kier alpha value is -2.49. The normalized spacial score (nSPS) is 13.1. The maximum absolute atomic E-state index is 12.5. The second kappa shape index (κ2) is 10.7. The van der Waals surface area contributed by atoms with Crippen molar-refractivity contribution >= 4 is 17.3 Å². The lowest BCUT2D eigenvalue weighted by Gasteiger charge is -2.30. The minimum absolute atomic E-state index is 0.0151. The minimum Gasteiger partial charge on any atom is -0.494 e. The fourth-order valence-electron chi connectivity index (χ4n) is 3.68. The first kappa shape index (κ1) is 20.2. The summed E-state index contributed by atoms with van der Waals surface area (Å²) >= 11 is 0. The highest BCUT2D eigenvalue weighted by molar-refractivity contribution is 5.94. The lowest BCUT2D eigenvalue weighted by molar-refractivity contribution is -0.115. The summed E-state index contributed by atoms with van der Waals surface area (Å²) in [5.41, 5.74) is 3.33. The van der Waals surface area contributed by atoms with Gasteiger partial charge in [0.1, 0.15) is 5.75 Å². The van der Waals surface area contributed by atoms with Crippen molar-refractivity contribution in [1.29, 1.82) is 0 Å². The van der Waals surface area contributed by atoms with Crippen LogP contribution in [0.4, 0.5) is 11.4 Å². The highest BCUT2D eigenvalue weighted by Crippen LogP contribution is 2.26. The van der Waals surface area contributed by atoms with Crippen LogP contribution in [0.1, 0.15) is 51.0 Å². The van der Waals surface area contributed by atoms with E-state index >= 15 is 0 Å². The molecule has 0 radical (unpaired) electrons. The van der Waals surface area contributed by atoms with Gasteiger partial charge in [0, 0.05) is 17.9 Å². The maximum atomic E-state index is 12.5. The van der Waals surface area contributed by atoms with E-state index in [4.69, 9.17) is 4.74 Å². The highest BCUT2D eigenvalue weighted by Gasteiger charge is 2.18. The van der Waals surface area contributed by atoms with Crippen molar-refractivity contribution in [3.8, 4) is 5.75 Å². The van der Waals surface area contributed by atoms with E-state index in [1.54, 1.807) is 0 Å². The van der Waals surface area contributed by atoms with Crippen molar-refractivity contribution in [3.05, 3.63) is 54.1 Å². The molecule has 1 N–H and O–H groups in total. The predicted molar refractivity (Wildman–Crippen MR) is 116 cm³/mol. The summed E-state index contributed by atoms with van der Waals surface area (Å²) in [6.07, 6.45) is 8.35. The molecule has 0 atom stereocenters. The third-order valence-corrected chi connectivity index (χ3v) is 5.20. The van der Waals surface area contributed by atoms with E-state index in [9.17, 15) is 4.79 Å². The summed E-state index contributed by atoms with van der Waals surface area (Å²) < 4.78 is 5.79. The van der Waals surface area contributed by atoms with Crippen LogP contribution in [0.15, 0.2) is 48.5 Å². The number of unbranched alkanes of at least 4 members (excludes halogenated alkanes) is 4. The molecule has 0 saturated heterocycles. The van der Waals surface area contributed by atoms with Crippen LogP contribution in [0, 0.1) is 0 Å². The third-order valence-electron chi connectivity index (χ3n) is 5.20. The second-order valence-corrected chi connectivity index (χ2v) is 7.49. The van der Waals surface area contributed by atoms with E-state index in [1.165, 1.54) is 36.9 Å². The van der Waals surface area contributed by atoms with Crippen molar-refractivity contribution in [2.75, 3.05) is 29.9 Å². The largest absolute Gasteiger partial charge is 0.494 e. The Balaban J connectivity index is 1.44. The molecule has 0 aliphatic carbocycles. The summed E-state index contributed by atoms with van der Waals surface area (Å²) in [5.74, 6) is 0.875. The standard InChI is InChI=1S/C24H32N2O2/c1-2-3-4-5-8-18-28-22-15-13-21(14-16-22)25-24(27)19-26-17-9-11-20-10-6-7-12-23(20)26/h6-7,10,12-16H,2-5,8-9,11,17-19H2,1H3,(H,25,27). The molecule has 2 aromatic rings. The van der Waals surface area contributed by atoms with Gasteiger partial charge in [0.05, 0.1) is 13.2 Å². The Labute approximate surface area is 168 Å². The van der Waals surface area contributed by atoms with E-state index in [1.807, 2.05) is 30.3 Å². The fourth-order valence-corrected chi connectivity index (χ4v) is 3.68. The van der Waals surface area contributed by atoms with E-state index in [-0.39, 0.29) is 5.91 Å². The smallest absolute Gasteiger partial charge is 0.243 e. The Morgan fingerprint density at radius 3 is 2.64 bits per heavy atom. The molecule has 2 aromatic carbocycles. The van der Waals surface area contributed by atoms with Crippen LogP contribution in [0.3, 0.4) is 0 Å². The molecule has 4 heteroatoms. The SMILES string of the molecule is CCCCCCCOc1ccc(NC(=O)CN2CCCc3ccccc32)cc1. The number of aryl methyl sites for hydroxylation is 1. The first-order chi connectivity index (χ1) is 13.8. The third kappa shape index (κ3) is 6.01. The van der Waals surface area contributed by atoms with E-state index in [0.29, 0.717) is 6.54 Å². The van der Waals surface area contributed by atoms with Crippen molar-refractivity contribution < 1.29 is 9.53 Å². The molecule has 0 spiro atoms. The monoisotopic (exact) mass is 380 g/mol. The van der Waals surface area contributed by atoms with Crippen molar-refractivity contribution in [1.82, 2.24) is 0 Å². The fraction of sp³-hybridized carbons (Fsp3) is 0.458. The van der Waals surface area contributed by atoms with Gasteiger partial charge in [0.2, 0.25) is 5.91 Å². The molecule has 1 heterocycles. The van der Waals surface area contributed by atoms with Gasteiger partial charge in [-0.1, -0.05) is 50.8 Å². The average molecular weight is 381 g/mol. The minimum atomic E-state index is 0.0151. The molecule has 1 aliphatic rings. The lowest BCUT2D eigenvalue weighted by atomic mass is 10.0. The molecule has 0 aromatic heterocycles. The van der Waals surface area contributed by atoms with Crippen LogP contribution in [-0.2, 0) is 11.2 Å². The molecule has 150 valence electrons. The Kier molecular flexibility index (Phi) is 7.77. The van der Waals surface area contributed by atoms with Crippen molar-refractivity contribution in [2.24, 2.45) is 0 Å². The second-order valence-electron chi connectivity index (χ2n) is 7.49. The molecule has 28 heavy (non-hydrogen) atoms.